The molecule has 0 aromatic heterocycles. The highest BCUT2D eigenvalue weighted by Gasteiger charge is 2.41. The molecule has 2 rings (SSSR count). The number of benzene rings is 1. The van der Waals surface area contributed by atoms with E-state index in [1.54, 1.807) is 6.07 Å². The van der Waals surface area contributed by atoms with Crippen molar-refractivity contribution in [3.63, 3.8) is 0 Å². The lowest BCUT2D eigenvalue weighted by Crippen LogP contribution is -2.43. The van der Waals surface area contributed by atoms with Crippen LogP contribution in [-0.4, -0.2) is 23.4 Å². The van der Waals surface area contributed by atoms with Crippen molar-refractivity contribution >= 4 is 23.2 Å². The average molecular weight is 303 g/mol. The summed E-state index contributed by atoms with van der Waals surface area (Å²) in [5, 5.41) is 11.6. The molecule has 0 aliphatic heterocycles. The van der Waals surface area contributed by atoms with E-state index >= 15 is 0 Å². The summed E-state index contributed by atoms with van der Waals surface area (Å²) in [6, 6.07) is 5.53. The zero-order chi connectivity index (χ0) is 13.9. The minimum Gasteiger partial charge on any atom is -0.390 e. The van der Waals surface area contributed by atoms with E-state index in [0.29, 0.717) is 23.1 Å². The van der Waals surface area contributed by atoms with E-state index < -0.39 is 11.7 Å². The number of ether oxygens (including phenoxy) is 1. The van der Waals surface area contributed by atoms with Gasteiger partial charge in [0.15, 0.2) is 0 Å². The Morgan fingerprint density at radius 1 is 1.32 bits per heavy atom. The molecule has 1 aliphatic carbocycles. The molecule has 0 amide bonds. The lowest BCUT2D eigenvalue weighted by molar-refractivity contribution is -0.115. The first-order chi connectivity index (χ1) is 9.09. The molecule has 19 heavy (non-hydrogen) atoms. The number of hydrogen-bond donors (Lipinski definition) is 1. The summed E-state index contributed by atoms with van der Waals surface area (Å²) in [5.41, 5.74) is 0.480. The predicted molar refractivity (Wildman–Crippen MR) is 79.0 cm³/mol. The van der Waals surface area contributed by atoms with E-state index in [2.05, 4.69) is 0 Å². The molecule has 4 heteroatoms. The average Bonchev–Trinajstić information content (AvgIpc) is 2.85. The van der Waals surface area contributed by atoms with Crippen LogP contribution in [0.4, 0.5) is 0 Å². The second-order valence-electron chi connectivity index (χ2n) is 5.14. The maximum Gasteiger partial charge on any atom is 0.0943 e. The van der Waals surface area contributed by atoms with Crippen molar-refractivity contribution < 1.29 is 9.84 Å². The minimum absolute atomic E-state index is 0.402. The van der Waals surface area contributed by atoms with Crippen LogP contribution >= 0.6 is 23.2 Å². The summed E-state index contributed by atoms with van der Waals surface area (Å²) in [4.78, 5) is 0. The zero-order valence-electron chi connectivity index (χ0n) is 11.2. The van der Waals surface area contributed by atoms with E-state index in [1.165, 1.54) is 0 Å². The monoisotopic (exact) mass is 302 g/mol. The summed E-state index contributed by atoms with van der Waals surface area (Å²) in [6.45, 7) is 2.60. The van der Waals surface area contributed by atoms with E-state index in [9.17, 15) is 5.11 Å². The standard InChI is InChI=1S/C15H20Cl2O2/c1-2-19-15(8-3-4-9-15)13(18)10-11-6-5-7-12(16)14(11)17/h5-7,13,18H,2-4,8-10H2,1H3. The molecule has 1 fully saturated rings. The first-order valence-electron chi connectivity index (χ1n) is 6.84. The second kappa shape index (κ2) is 6.45. The van der Waals surface area contributed by atoms with Gasteiger partial charge in [0.05, 0.1) is 21.8 Å². The number of hydrogen-bond acceptors (Lipinski definition) is 2. The minimum atomic E-state index is -0.536. The molecule has 2 nitrogen and oxygen atoms in total. The third kappa shape index (κ3) is 3.25. The molecule has 1 aromatic rings. The van der Waals surface area contributed by atoms with Crippen LogP contribution < -0.4 is 0 Å². The highest BCUT2D eigenvalue weighted by atomic mass is 35.5. The van der Waals surface area contributed by atoms with Gasteiger partial charge in [0, 0.05) is 13.0 Å². The zero-order valence-corrected chi connectivity index (χ0v) is 12.7. The SMILES string of the molecule is CCOC1(C(O)Cc2cccc(Cl)c2Cl)CCCC1. The Bertz CT molecular complexity index is 428. The van der Waals surface area contributed by atoms with Gasteiger partial charge in [0.1, 0.15) is 0 Å². The molecule has 1 aromatic carbocycles. The van der Waals surface area contributed by atoms with Gasteiger partial charge in [0.25, 0.3) is 0 Å². The van der Waals surface area contributed by atoms with E-state index in [0.717, 1.165) is 31.2 Å². The van der Waals surface area contributed by atoms with Gasteiger partial charge in [-0.2, -0.15) is 0 Å². The smallest absolute Gasteiger partial charge is 0.0943 e. The van der Waals surface area contributed by atoms with Crippen molar-refractivity contribution in [2.75, 3.05) is 6.61 Å². The summed E-state index contributed by atoms with van der Waals surface area (Å²) in [5.74, 6) is 0. The van der Waals surface area contributed by atoms with Crippen molar-refractivity contribution in [3.8, 4) is 0 Å². The van der Waals surface area contributed by atoms with Crippen LogP contribution in [0.5, 0.6) is 0 Å². The highest BCUT2D eigenvalue weighted by molar-refractivity contribution is 6.42. The third-order valence-electron chi connectivity index (χ3n) is 3.93. The van der Waals surface area contributed by atoms with Gasteiger partial charge in [-0.3, -0.25) is 0 Å². The van der Waals surface area contributed by atoms with Gasteiger partial charge in [-0.1, -0.05) is 48.2 Å². The van der Waals surface area contributed by atoms with Gasteiger partial charge < -0.3 is 9.84 Å². The van der Waals surface area contributed by atoms with Gasteiger partial charge >= 0.3 is 0 Å². The van der Waals surface area contributed by atoms with Crippen LogP contribution in [0.25, 0.3) is 0 Å². The fourth-order valence-corrected chi connectivity index (χ4v) is 3.33. The first-order valence-corrected chi connectivity index (χ1v) is 7.59. The van der Waals surface area contributed by atoms with Crippen LogP contribution in [0, 0.1) is 0 Å². The van der Waals surface area contributed by atoms with Crippen LogP contribution in [0.3, 0.4) is 0 Å². The topological polar surface area (TPSA) is 29.5 Å². The molecule has 0 radical (unpaired) electrons. The summed E-state index contributed by atoms with van der Waals surface area (Å²) < 4.78 is 5.87. The molecular weight excluding hydrogens is 283 g/mol. The van der Waals surface area contributed by atoms with Crippen molar-refractivity contribution in [1.29, 1.82) is 0 Å². The fraction of sp³-hybridized carbons (Fsp3) is 0.600. The summed E-state index contributed by atoms with van der Waals surface area (Å²) in [7, 11) is 0. The molecule has 0 bridgehead atoms. The van der Waals surface area contributed by atoms with Gasteiger partial charge in [-0.05, 0) is 31.4 Å². The molecule has 0 saturated heterocycles. The number of aliphatic hydroxyl groups is 1. The lowest BCUT2D eigenvalue weighted by Gasteiger charge is -2.34. The quantitative estimate of drug-likeness (QED) is 0.881. The van der Waals surface area contributed by atoms with Crippen molar-refractivity contribution in [2.24, 2.45) is 0 Å². The van der Waals surface area contributed by atoms with Gasteiger partial charge in [0.2, 0.25) is 0 Å². The summed E-state index contributed by atoms with van der Waals surface area (Å²) in [6.07, 6.45) is 4.01. The molecule has 1 unspecified atom stereocenters. The number of aliphatic hydroxyl groups excluding tert-OH is 1. The Labute approximate surface area is 124 Å². The van der Waals surface area contributed by atoms with E-state index in [1.807, 2.05) is 19.1 Å². The Balaban J connectivity index is 2.15. The largest absolute Gasteiger partial charge is 0.390 e. The van der Waals surface area contributed by atoms with E-state index in [-0.39, 0.29) is 0 Å². The van der Waals surface area contributed by atoms with Crippen molar-refractivity contribution in [1.82, 2.24) is 0 Å². The van der Waals surface area contributed by atoms with Crippen LogP contribution in [0.1, 0.15) is 38.2 Å². The fourth-order valence-electron chi connectivity index (χ4n) is 2.94. The van der Waals surface area contributed by atoms with Gasteiger partial charge in [-0.15, -0.1) is 0 Å². The van der Waals surface area contributed by atoms with Crippen molar-refractivity contribution in [2.45, 2.75) is 50.7 Å². The Morgan fingerprint density at radius 3 is 2.63 bits per heavy atom. The van der Waals surface area contributed by atoms with E-state index in [4.69, 9.17) is 27.9 Å². The van der Waals surface area contributed by atoms with Gasteiger partial charge in [-0.25, -0.2) is 0 Å². The molecule has 1 saturated carbocycles. The third-order valence-corrected chi connectivity index (χ3v) is 4.79. The Kier molecular flexibility index (Phi) is 5.13. The van der Waals surface area contributed by atoms with Crippen molar-refractivity contribution in [3.05, 3.63) is 33.8 Å². The second-order valence-corrected chi connectivity index (χ2v) is 5.92. The molecule has 106 valence electrons. The highest BCUT2D eigenvalue weighted by Crippen LogP contribution is 2.38. The molecule has 1 atom stereocenters. The molecule has 0 heterocycles. The maximum absolute atomic E-state index is 10.6. The Morgan fingerprint density at radius 2 is 2.00 bits per heavy atom. The van der Waals surface area contributed by atoms with Crippen LogP contribution in [0.15, 0.2) is 18.2 Å². The van der Waals surface area contributed by atoms with Crippen LogP contribution in [-0.2, 0) is 11.2 Å². The van der Waals surface area contributed by atoms with Crippen LogP contribution in [0.2, 0.25) is 10.0 Å². The lowest BCUT2D eigenvalue weighted by atomic mass is 9.89. The first kappa shape index (κ1) is 15.1. The predicted octanol–water partition coefficient (Wildman–Crippen LogP) is 4.25. The molecule has 0 spiro atoms. The Hall–Kier alpha value is -0.280. The summed E-state index contributed by atoms with van der Waals surface area (Å²) >= 11 is 12.2. The normalized spacial score (nSPS) is 19.6. The number of halogens is 2. The number of rotatable bonds is 5. The molecule has 1 aliphatic rings. The molecule has 1 N–H and O–H groups in total. The molecular formula is C15H20Cl2O2. The maximum atomic E-state index is 10.6.